The molecule has 30 heavy (non-hydrogen) atoms. The molecule has 1 aromatic carbocycles. The zero-order chi connectivity index (χ0) is 21.5. The van der Waals surface area contributed by atoms with Gasteiger partial charge in [0.05, 0.1) is 24.8 Å². The lowest BCUT2D eigenvalue weighted by atomic mass is 9.48. The fraction of sp³-hybridized carbons (Fsp3) is 0.652. The molecule has 4 aliphatic carbocycles. The largest absolute Gasteiger partial charge is 0.493 e. The van der Waals surface area contributed by atoms with Gasteiger partial charge in [-0.1, -0.05) is 11.6 Å². The van der Waals surface area contributed by atoms with E-state index in [0.717, 1.165) is 17.8 Å². The lowest BCUT2D eigenvalue weighted by Gasteiger charge is -2.59. The minimum atomic E-state index is -0.629. The summed E-state index contributed by atoms with van der Waals surface area (Å²) in [5, 5.41) is 3.35. The van der Waals surface area contributed by atoms with Gasteiger partial charge in [0, 0.05) is 6.04 Å². The summed E-state index contributed by atoms with van der Waals surface area (Å²) in [6.45, 7) is 1.79. The van der Waals surface area contributed by atoms with Gasteiger partial charge >= 0.3 is 5.97 Å². The number of rotatable bonds is 7. The highest BCUT2D eigenvalue weighted by Gasteiger charge is 2.53. The summed E-state index contributed by atoms with van der Waals surface area (Å²) in [5.74, 6) is 2.25. The smallest absolute Gasteiger partial charge is 0.338 e. The summed E-state index contributed by atoms with van der Waals surface area (Å²) in [5.41, 5.74) is 0.422. The number of nitrogens with one attached hydrogen (secondary N) is 1. The average Bonchev–Trinajstić information content (AvgIpc) is 2.70. The number of halogens is 1. The third kappa shape index (κ3) is 3.98. The number of amides is 1. The van der Waals surface area contributed by atoms with Crippen molar-refractivity contribution in [1.82, 2.24) is 5.32 Å². The van der Waals surface area contributed by atoms with Crippen molar-refractivity contribution in [2.45, 2.75) is 51.5 Å². The number of ether oxygens (including phenoxy) is 3. The van der Waals surface area contributed by atoms with Gasteiger partial charge in [0.25, 0.3) is 5.91 Å². The van der Waals surface area contributed by atoms with E-state index < -0.39 is 5.97 Å². The molecule has 4 aliphatic rings. The molecule has 0 heterocycles. The fourth-order valence-corrected chi connectivity index (χ4v) is 6.68. The van der Waals surface area contributed by atoms with Gasteiger partial charge in [-0.15, -0.1) is 0 Å². The standard InChI is InChI=1S/C23H30ClNO5/c1-13(23-9-14-4-15(10-23)6-16(5-14)11-23)25-20(26)12-30-22(27)17-7-18(24)21(29-3)19(8-17)28-2/h7-8,13-16H,4-6,9-12H2,1-3H3,(H,25,26). The van der Waals surface area contributed by atoms with E-state index in [2.05, 4.69) is 12.2 Å². The van der Waals surface area contributed by atoms with E-state index >= 15 is 0 Å². The molecule has 0 saturated heterocycles. The van der Waals surface area contributed by atoms with Crippen molar-refractivity contribution >= 4 is 23.5 Å². The first-order valence-corrected chi connectivity index (χ1v) is 11.1. The van der Waals surface area contributed by atoms with Crippen LogP contribution in [0, 0.1) is 23.2 Å². The van der Waals surface area contributed by atoms with Crippen molar-refractivity contribution in [2.24, 2.45) is 23.2 Å². The summed E-state index contributed by atoms with van der Waals surface area (Å²) in [4.78, 5) is 24.9. The summed E-state index contributed by atoms with van der Waals surface area (Å²) in [6, 6.07) is 3.03. The topological polar surface area (TPSA) is 73.9 Å². The first kappa shape index (κ1) is 21.3. The van der Waals surface area contributed by atoms with Crippen molar-refractivity contribution in [3.05, 3.63) is 22.7 Å². The van der Waals surface area contributed by atoms with Crippen molar-refractivity contribution < 1.29 is 23.8 Å². The number of methoxy groups -OCH3 is 2. The molecular formula is C23H30ClNO5. The van der Waals surface area contributed by atoms with Gasteiger partial charge < -0.3 is 19.5 Å². The van der Waals surface area contributed by atoms with Gasteiger partial charge in [0.2, 0.25) is 0 Å². The Balaban J connectivity index is 1.34. The average molecular weight is 436 g/mol. The van der Waals surface area contributed by atoms with Crippen LogP contribution >= 0.6 is 11.6 Å². The van der Waals surface area contributed by atoms with Crippen molar-refractivity contribution in [1.29, 1.82) is 0 Å². The SMILES string of the molecule is COc1cc(C(=O)OCC(=O)NC(C)C23CC4CC(CC(C4)C2)C3)cc(Cl)c1OC. The summed E-state index contributed by atoms with van der Waals surface area (Å²) >= 11 is 6.15. The number of carbonyl (C=O) groups is 2. The molecule has 1 amide bonds. The Hall–Kier alpha value is -1.95. The molecule has 1 unspecified atom stereocenters. The second-order valence-electron chi connectivity index (χ2n) is 9.34. The van der Waals surface area contributed by atoms with Crippen LogP contribution in [0.4, 0.5) is 0 Å². The highest BCUT2D eigenvalue weighted by atomic mass is 35.5. The Labute approximate surface area is 182 Å². The first-order chi connectivity index (χ1) is 14.3. The number of esters is 1. The normalized spacial score (nSPS) is 29.9. The van der Waals surface area contributed by atoms with Crippen LogP contribution in [0.3, 0.4) is 0 Å². The van der Waals surface area contributed by atoms with Crippen LogP contribution in [0.25, 0.3) is 0 Å². The Morgan fingerprint density at radius 1 is 1.10 bits per heavy atom. The number of hydrogen-bond acceptors (Lipinski definition) is 5. The first-order valence-electron chi connectivity index (χ1n) is 10.7. The monoisotopic (exact) mass is 435 g/mol. The van der Waals surface area contributed by atoms with Crippen molar-refractivity contribution in [3.63, 3.8) is 0 Å². The Morgan fingerprint density at radius 3 is 2.23 bits per heavy atom. The zero-order valence-corrected chi connectivity index (χ0v) is 18.6. The van der Waals surface area contributed by atoms with E-state index in [1.807, 2.05) is 0 Å². The summed E-state index contributed by atoms with van der Waals surface area (Å²) in [6.07, 6.45) is 7.74. The predicted molar refractivity (Wildman–Crippen MR) is 113 cm³/mol. The van der Waals surface area contributed by atoms with Crippen LogP contribution in [-0.4, -0.2) is 38.7 Å². The zero-order valence-electron chi connectivity index (χ0n) is 17.8. The van der Waals surface area contributed by atoms with Gasteiger partial charge in [-0.25, -0.2) is 4.79 Å². The van der Waals surface area contributed by atoms with Crippen LogP contribution in [-0.2, 0) is 9.53 Å². The van der Waals surface area contributed by atoms with E-state index in [9.17, 15) is 9.59 Å². The van der Waals surface area contributed by atoms with Crippen LogP contribution in [0.2, 0.25) is 5.02 Å². The molecule has 164 valence electrons. The van der Waals surface area contributed by atoms with E-state index in [4.69, 9.17) is 25.8 Å². The van der Waals surface area contributed by atoms with E-state index in [1.54, 1.807) is 0 Å². The van der Waals surface area contributed by atoms with Gasteiger partial charge in [0.1, 0.15) is 0 Å². The maximum Gasteiger partial charge on any atom is 0.338 e. The van der Waals surface area contributed by atoms with Gasteiger partial charge in [-0.05, 0) is 80.8 Å². The van der Waals surface area contributed by atoms with Crippen LogP contribution < -0.4 is 14.8 Å². The molecule has 4 fully saturated rings. The molecular weight excluding hydrogens is 406 g/mol. The molecule has 0 spiro atoms. The third-order valence-electron chi connectivity index (χ3n) is 7.39. The van der Waals surface area contributed by atoms with Crippen molar-refractivity contribution in [2.75, 3.05) is 20.8 Å². The molecule has 5 rings (SSSR count). The van der Waals surface area contributed by atoms with Crippen molar-refractivity contribution in [3.8, 4) is 11.5 Å². The number of carbonyl (C=O) groups excluding carboxylic acids is 2. The molecule has 4 bridgehead atoms. The van der Waals surface area contributed by atoms with Crippen LogP contribution in [0.1, 0.15) is 55.8 Å². The molecule has 1 N–H and O–H groups in total. The van der Waals surface area contributed by atoms with Gasteiger partial charge in [0.15, 0.2) is 18.1 Å². The highest BCUT2D eigenvalue weighted by Crippen LogP contribution is 2.61. The third-order valence-corrected chi connectivity index (χ3v) is 7.67. The Morgan fingerprint density at radius 2 is 1.70 bits per heavy atom. The lowest BCUT2D eigenvalue weighted by Crippen LogP contribution is -2.56. The van der Waals surface area contributed by atoms with E-state index in [0.29, 0.717) is 11.5 Å². The molecule has 0 radical (unpaired) electrons. The second kappa shape index (κ2) is 8.29. The van der Waals surface area contributed by atoms with Gasteiger partial charge in [-0.2, -0.15) is 0 Å². The predicted octanol–water partition coefficient (Wildman–Crippen LogP) is 4.24. The maximum atomic E-state index is 12.5. The molecule has 7 heteroatoms. The Bertz CT molecular complexity index is 804. The molecule has 1 atom stereocenters. The van der Waals surface area contributed by atoms with Crippen LogP contribution in [0.5, 0.6) is 11.5 Å². The lowest BCUT2D eigenvalue weighted by molar-refractivity contribution is -0.128. The minimum Gasteiger partial charge on any atom is -0.493 e. The summed E-state index contributed by atoms with van der Waals surface area (Å²) < 4.78 is 15.6. The second-order valence-corrected chi connectivity index (χ2v) is 9.75. The summed E-state index contributed by atoms with van der Waals surface area (Å²) in [7, 11) is 2.93. The van der Waals surface area contributed by atoms with E-state index in [1.165, 1.54) is 64.9 Å². The molecule has 0 aliphatic heterocycles. The van der Waals surface area contributed by atoms with Crippen LogP contribution in [0.15, 0.2) is 12.1 Å². The number of benzene rings is 1. The Kier molecular flexibility index (Phi) is 5.88. The number of hydrogen-bond donors (Lipinski definition) is 1. The van der Waals surface area contributed by atoms with E-state index in [-0.39, 0.29) is 34.6 Å². The maximum absolute atomic E-state index is 12.5. The molecule has 0 aromatic heterocycles. The highest BCUT2D eigenvalue weighted by molar-refractivity contribution is 6.32. The molecule has 4 saturated carbocycles. The van der Waals surface area contributed by atoms with Gasteiger partial charge in [-0.3, -0.25) is 4.79 Å². The fourth-order valence-electron chi connectivity index (χ4n) is 6.39. The quantitative estimate of drug-likeness (QED) is 0.648. The minimum absolute atomic E-state index is 0.0904. The molecule has 6 nitrogen and oxygen atoms in total. The molecule has 1 aromatic rings.